The molecule has 0 spiro atoms. The van der Waals surface area contributed by atoms with E-state index < -0.39 is 11.7 Å². The quantitative estimate of drug-likeness (QED) is 0.571. The van der Waals surface area contributed by atoms with Gasteiger partial charge in [-0.15, -0.1) is 0 Å². The van der Waals surface area contributed by atoms with Gasteiger partial charge < -0.3 is 20.9 Å². The SMILES string of the molecule is NC(=O)c1cc(F)c(N2CCCC(NC(=O)C#CC3CC3)C2)c2c1[nH]c1ccccc12. The van der Waals surface area contributed by atoms with Crippen molar-refractivity contribution in [3.05, 3.63) is 41.7 Å². The van der Waals surface area contributed by atoms with Gasteiger partial charge in [0.15, 0.2) is 0 Å². The largest absolute Gasteiger partial charge is 0.367 e. The van der Waals surface area contributed by atoms with Crippen LogP contribution in [0.2, 0.25) is 0 Å². The number of hydrogen-bond acceptors (Lipinski definition) is 3. The Labute approximate surface area is 179 Å². The van der Waals surface area contributed by atoms with E-state index >= 15 is 4.39 Å². The second-order valence-corrected chi connectivity index (χ2v) is 8.34. The maximum atomic E-state index is 15.4. The number of carbonyl (C=O) groups excluding carboxylic acids is 2. The molecule has 0 radical (unpaired) electrons. The van der Waals surface area contributed by atoms with Gasteiger partial charge in [0.2, 0.25) is 0 Å². The lowest BCUT2D eigenvalue weighted by atomic mass is 10.0. The molecule has 2 heterocycles. The Morgan fingerprint density at radius 1 is 1.23 bits per heavy atom. The van der Waals surface area contributed by atoms with E-state index in [4.69, 9.17) is 5.73 Å². The molecule has 1 saturated carbocycles. The monoisotopic (exact) mass is 418 g/mol. The molecule has 2 aliphatic rings. The lowest BCUT2D eigenvalue weighted by molar-refractivity contribution is -0.116. The van der Waals surface area contributed by atoms with Crippen molar-refractivity contribution in [2.24, 2.45) is 11.7 Å². The Morgan fingerprint density at radius 2 is 2.03 bits per heavy atom. The van der Waals surface area contributed by atoms with Gasteiger partial charge in [0, 0.05) is 41.3 Å². The van der Waals surface area contributed by atoms with Crippen molar-refractivity contribution < 1.29 is 14.0 Å². The van der Waals surface area contributed by atoms with E-state index in [1.165, 1.54) is 6.07 Å². The van der Waals surface area contributed by atoms with Crippen LogP contribution in [0.4, 0.5) is 10.1 Å². The summed E-state index contributed by atoms with van der Waals surface area (Å²) >= 11 is 0. The number of piperidine rings is 1. The van der Waals surface area contributed by atoms with Crippen molar-refractivity contribution in [1.29, 1.82) is 0 Å². The molecule has 4 N–H and O–H groups in total. The van der Waals surface area contributed by atoms with Crippen LogP contribution in [0, 0.1) is 23.6 Å². The molecule has 1 saturated heterocycles. The first-order valence-electron chi connectivity index (χ1n) is 10.6. The van der Waals surface area contributed by atoms with Crippen molar-refractivity contribution >= 4 is 39.3 Å². The lowest BCUT2D eigenvalue weighted by Gasteiger charge is -2.35. The van der Waals surface area contributed by atoms with Gasteiger partial charge in [-0.1, -0.05) is 24.1 Å². The maximum absolute atomic E-state index is 15.4. The number of nitrogens with zero attached hydrogens (tertiary/aromatic N) is 1. The average molecular weight is 418 g/mol. The van der Waals surface area contributed by atoms with E-state index in [0.29, 0.717) is 35.6 Å². The Bertz CT molecular complexity index is 1270. The number of carbonyl (C=O) groups is 2. The van der Waals surface area contributed by atoms with Crippen LogP contribution >= 0.6 is 0 Å². The number of aromatic nitrogens is 1. The summed E-state index contributed by atoms with van der Waals surface area (Å²) in [5, 5.41) is 4.44. The highest BCUT2D eigenvalue weighted by molar-refractivity contribution is 6.19. The van der Waals surface area contributed by atoms with Crippen LogP contribution in [-0.2, 0) is 4.79 Å². The minimum absolute atomic E-state index is 0.120. The molecule has 1 unspecified atom stereocenters. The van der Waals surface area contributed by atoms with E-state index in [2.05, 4.69) is 22.1 Å². The van der Waals surface area contributed by atoms with Crippen molar-refractivity contribution in [1.82, 2.24) is 10.3 Å². The third-order valence-electron chi connectivity index (χ3n) is 6.01. The fraction of sp³-hybridized carbons (Fsp3) is 0.333. The van der Waals surface area contributed by atoms with Gasteiger partial charge in [0.1, 0.15) is 5.82 Å². The molecular formula is C24H23FN4O2. The fourth-order valence-electron chi connectivity index (χ4n) is 4.39. The highest BCUT2D eigenvalue weighted by atomic mass is 19.1. The van der Waals surface area contributed by atoms with E-state index in [1.54, 1.807) is 0 Å². The number of halogens is 1. The maximum Gasteiger partial charge on any atom is 0.296 e. The molecule has 6 nitrogen and oxygen atoms in total. The molecule has 5 rings (SSSR count). The Hall–Kier alpha value is -3.53. The highest BCUT2D eigenvalue weighted by Gasteiger charge is 2.28. The molecule has 2 aromatic carbocycles. The summed E-state index contributed by atoms with van der Waals surface area (Å²) in [6, 6.07) is 8.64. The smallest absolute Gasteiger partial charge is 0.296 e. The summed E-state index contributed by atoms with van der Waals surface area (Å²) < 4.78 is 15.4. The number of hydrogen-bond donors (Lipinski definition) is 3. The van der Waals surface area contributed by atoms with Crippen LogP contribution < -0.4 is 16.0 Å². The highest BCUT2D eigenvalue weighted by Crippen LogP contribution is 2.38. The number of nitrogens with one attached hydrogen (secondary N) is 2. The second-order valence-electron chi connectivity index (χ2n) is 8.34. The Balaban J connectivity index is 1.52. The number of primary amides is 1. The van der Waals surface area contributed by atoms with Gasteiger partial charge >= 0.3 is 0 Å². The van der Waals surface area contributed by atoms with Crippen LogP contribution in [0.15, 0.2) is 30.3 Å². The molecular weight excluding hydrogens is 395 g/mol. The number of aromatic amines is 1. The number of amides is 2. The minimum Gasteiger partial charge on any atom is -0.367 e. The van der Waals surface area contributed by atoms with E-state index in [-0.39, 0.29) is 17.5 Å². The Kier molecular flexibility index (Phi) is 4.78. The molecule has 7 heteroatoms. The minimum atomic E-state index is -0.681. The number of fused-ring (bicyclic) bond motifs is 3. The molecule has 1 aliphatic heterocycles. The first kappa shape index (κ1) is 19.4. The van der Waals surface area contributed by atoms with Crippen molar-refractivity contribution in [3.8, 4) is 11.8 Å². The number of para-hydroxylation sites is 1. The van der Waals surface area contributed by atoms with Gasteiger partial charge in [-0.25, -0.2) is 4.39 Å². The average Bonchev–Trinajstić information content (AvgIpc) is 3.51. The molecule has 2 fully saturated rings. The van der Waals surface area contributed by atoms with Gasteiger partial charge in [-0.3, -0.25) is 9.59 Å². The predicted octanol–water partition coefficient (Wildman–Crippen LogP) is 3.06. The molecule has 0 bridgehead atoms. The summed E-state index contributed by atoms with van der Waals surface area (Å²) in [5.74, 6) is 4.56. The summed E-state index contributed by atoms with van der Waals surface area (Å²) in [5.41, 5.74) is 7.43. The molecule has 158 valence electrons. The summed E-state index contributed by atoms with van der Waals surface area (Å²) in [6.07, 6.45) is 3.75. The van der Waals surface area contributed by atoms with Gasteiger partial charge in [0.05, 0.1) is 16.8 Å². The van der Waals surface area contributed by atoms with Crippen LogP contribution in [0.5, 0.6) is 0 Å². The first-order valence-corrected chi connectivity index (χ1v) is 10.6. The van der Waals surface area contributed by atoms with Crippen LogP contribution in [0.25, 0.3) is 21.8 Å². The van der Waals surface area contributed by atoms with Gasteiger partial charge in [-0.05, 0) is 43.7 Å². The third kappa shape index (κ3) is 3.70. The number of anilines is 1. The number of nitrogens with two attached hydrogens (primary N) is 1. The van der Waals surface area contributed by atoms with Crippen LogP contribution in [0.3, 0.4) is 0 Å². The normalized spacial score (nSPS) is 18.6. The van der Waals surface area contributed by atoms with E-state index in [9.17, 15) is 9.59 Å². The molecule has 2 amide bonds. The number of rotatable bonds is 3. The first-order chi connectivity index (χ1) is 15.0. The van der Waals surface area contributed by atoms with Crippen molar-refractivity contribution in [2.45, 2.75) is 31.7 Å². The topological polar surface area (TPSA) is 91.2 Å². The third-order valence-corrected chi connectivity index (χ3v) is 6.01. The second kappa shape index (κ2) is 7.62. The predicted molar refractivity (Wildman–Crippen MR) is 118 cm³/mol. The molecule has 1 atom stereocenters. The van der Waals surface area contributed by atoms with E-state index in [0.717, 1.165) is 36.6 Å². The zero-order chi connectivity index (χ0) is 21.5. The summed E-state index contributed by atoms with van der Waals surface area (Å²) in [7, 11) is 0. The number of H-pyrrole nitrogens is 1. The van der Waals surface area contributed by atoms with Crippen molar-refractivity contribution in [2.75, 3.05) is 18.0 Å². The van der Waals surface area contributed by atoms with E-state index in [1.807, 2.05) is 29.2 Å². The summed E-state index contributed by atoms with van der Waals surface area (Å²) in [4.78, 5) is 29.3. The molecule has 31 heavy (non-hydrogen) atoms. The molecule has 1 aromatic heterocycles. The number of benzene rings is 2. The zero-order valence-electron chi connectivity index (χ0n) is 17.0. The fourth-order valence-corrected chi connectivity index (χ4v) is 4.39. The molecule has 1 aliphatic carbocycles. The Morgan fingerprint density at radius 3 is 2.81 bits per heavy atom. The van der Waals surface area contributed by atoms with Gasteiger partial charge in [0.25, 0.3) is 11.8 Å². The molecule has 3 aromatic rings. The standard InChI is InChI=1S/C24H23FN4O2/c25-18-12-17(24(26)31)22-21(16-5-1-2-6-19(16)28-22)23(18)29-11-3-4-15(13-29)27-20(30)10-9-14-7-8-14/h1-2,5-6,12,14-15,28H,3-4,7-8,11,13H2,(H2,26,31)(H,27,30). The lowest BCUT2D eigenvalue weighted by Crippen LogP contribution is -2.47. The zero-order valence-corrected chi connectivity index (χ0v) is 17.0. The van der Waals surface area contributed by atoms with Crippen molar-refractivity contribution in [3.63, 3.8) is 0 Å². The van der Waals surface area contributed by atoms with Crippen LogP contribution in [-0.4, -0.2) is 35.9 Å². The van der Waals surface area contributed by atoms with Crippen LogP contribution in [0.1, 0.15) is 36.0 Å². The van der Waals surface area contributed by atoms with Gasteiger partial charge in [-0.2, -0.15) is 0 Å². The summed E-state index contributed by atoms with van der Waals surface area (Å²) in [6.45, 7) is 1.12.